The van der Waals surface area contributed by atoms with E-state index in [1.807, 2.05) is 6.07 Å². The molecular formula is C13H17N3O2S. The Morgan fingerprint density at radius 2 is 2.11 bits per heavy atom. The molecule has 0 fully saturated rings. The maximum Gasteiger partial charge on any atom is 0.243 e. The number of rotatable bonds is 5. The van der Waals surface area contributed by atoms with Gasteiger partial charge in [0.2, 0.25) is 10.0 Å². The van der Waals surface area contributed by atoms with Gasteiger partial charge in [-0.05, 0) is 25.1 Å². The van der Waals surface area contributed by atoms with Gasteiger partial charge >= 0.3 is 0 Å². The largest absolute Gasteiger partial charge is 0.330 e. The van der Waals surface area contributed by atoms with Crippen molar-refractivity contribution in [3.05, 3.63) is 36.7 Å². The predicted molar refractivity (Wildman–Crippen MR) is 75.2 cm³/mol. The molecule has 2 N–H and O–H groups in total. The van der Waals surface area contributed by atoms with Gasteiger partial charge in [0, 0.05) is 36.8 Å². The van der Waals surface area contributed by atoms with Gasteiger partial charge in [-0.1, -0.05) is 12.1 Å². The Kier molecular flexibility index (Phi) is 4.14. The van der Waals surface area contributed by atoms with Crippen LogP contribution in [0.15, 0.2) is 41.6 Å². The van der Waals surface area contributed by atoms with E-state index in [-0.39, 0.29) is 0 Å². The molecule has 0 spiro atoms. The molecule has 0 aliphatic heterocycles. The maximum atomic E-state index is 12.5. The average molecular weight is 279 g/mol. The highest BCUT2D eigenvalue weighted by molar-refractivity contribution is 7.89. The predicted octanol–water partition coefficient (Wildman–Crippen LogP) is 1.20. The lowest BCUT2D eigenvalue weighted by Gasteiger charge is -2.17. The summed E-state index contributed by atoms with van der Waals surface area (Å²) < 4.78 is 26.4. The van der Waals surface area contributed by atoms with Crippen molar-refractivity contribution in [3.63, 3.8) is 0 Å². The van der Waals surface area contributed by atoms with Gasteiger partial charge in [0.1, 0.15) is 0 Å². The van der Waals surface area contributed by atoms with Gasteiger partial charge < -0.3 is 5.73 Å². The Hall–Kier alpha value is -1.50. The summed E-state index contributed by atoms with van der Waals surface area (Å²) in [6.07, 6.45) is 3.90. The highest BCUT2D eigenvalue weighted by Gasteiger charge is 2.22. The molecule has 0 unspecified atom stereocenters. The Labute approximate surface area is 113 Å². The van der Waals surface area contributed by atoms with Gasteiger partial charge in [-0.3, -0.25) is 4.98 Å². The second-order valence-electron chi connectivity index (χ2n) is 4.32. The van der Waals surface area contributed by atoms with Crippen molar-refractivity contribution in [1.29, 1.82) is 0 Å². The van der Waals surface area contributed by atoms with Gasteiger partial charge in [0.05, 0.1) is 4.90 Å². The number of pyridine rings is 1. The molecule has 19 heavy (non-hydrogen) atoms. The van der Waals surface area contributed by atoms with Crippen LogP contribution in [0.25, 0.3) is 10.8 Å². The summed E-state index contributed by atoms with van der Waals surface area (Å²) in [5.41, 5.74) is 5.42. The molecule has 2 aromatic rings. The third kappa shape index (κ3) is 2.75. The molecule has 1 aromatic heterocycles. The van der Waals surface area contributed by atoms with Crippen molar-refractivity contribution < 1.29 is 8.42 Å². The van der Waals surface area contributed by atoms with Crippen LogP contribution >= 0.6 is 0 Å². The van der Waals surface area contributed by atoms with E-state index in [2.05, 4.69) is 4.98 Å². The van der Waals surface area contributed by atoms with E-state index < -0.39 is 10.0 Å². The molecule has 0 radical (unpaired) electrons. The molecule has 0 aliphatic rings. The number of aromatic nitrogens is 1. The van der Waals surface area contributed by atoms with E-state index in [4.69, 9.17) is 5.73 Å². The third-order valence-corrected chi connectivity index (χ3v) is 4.92. The van der Waals surface area contributed by atoms with Gasteiger partial charge in [-0.2, -0.15) is 0 Å². The second kappa shape index (κ2) is 5.64. The van der Waals surface area contributed by atoms with Crippen LogP contribution < -0.4 is 5.73 Å². The summed E-state index contributed by atoms with van der Waals surface area (Å²) in [4.78, 5) is 4.32. The third-order valence-electron chi connectivity index (χ3n) is 3.01. The van der Waals surface area contributed by atoms with Crippen LogP contribution in [0.4, 0.5) is 0 Å². The normalized spacial score (nSPS) is 12.2. The lowest BCUT2D eigenvalue weighted by molar-refractivity contribution is 0.464. The minimum atomic E-state index is -3.49. The molecular weight excluding hydrogens is 262 g/mol. The fourth-order valence-corrected chi connectivity index (χ4v) is 3.34. The van der Waals surface area contributed by atoms with E-state index in [1.165, 1.54) is 4.31 Å². The molecule has 6 heteroatoms. The van der Waals surface area contributed by atoms with E-state index in [0.29, 0.717) is 29.8 Å². The molecule has 0 saturated heterocycles. The van der Waals surface area contributed by atoms with Crippen molar-refractivity contribution in [3.8, 4) is 0 Å². The van der Waals surface area contributed by atoms with Gasteiger partial charge in [-0.15, -0.1) is 0 Å². The number of hydrogen-bond acceptors (Lipinski definition) is 4. The summed E-state index contributed by atoms with van der Waals surface area (Å²) in [7, 11) is -1.91. The molecule has 0 bridgehead atoms. The van der Waals surface area contributed by atoms with Crippen molar-refractivity contribution in [2.24, 2.45) is 5.73 Å². The first kappa shape index (κ1) is 13.9. The summed E-state index contributed by atoms with van der Waals surface area (Å²) >= 11 is 0. The van der Waals surface area contributed by atoms with Crippen molar-refractivity contribution in [1.82, 2.24) is 9.29 Å². The highest BCUT2D eigenvalue weighted by Crippen LogP contribution is 2.24. The van der Waals surface area contributed by atoms with Crippen molar-refractivity contribution in [2.45, 2.75) is 11.3 Å². The van der Waals surface area contributed by atoms with Crippen LogP contribution in [0.2, 0.25) is 0 Å². The Morgan fingerprint density at radius 3 is 2.84 bits per heavy atom. The zero-order valence-corrected chi connectivity index (χ0v) is 11.6. The molecule has 1 heterocycles. The van der Waals surface area contributed by atoms with Gasteiger partial charge in [-0.25, -0.2) is 12.7 Å². The number of benzene rings is 1. The first-order chi connectivity index (χ1) is 9.07. The monoisotopic (exact) mass is 279 g/mol. The molecule has 1 aromatic carbocycles. The van der Waals surface area contributed by atoms with E-state index in [0.717, 1.165) is 5.39 Å². The van der Waals surface area contributed by atoms with Crippen LogP contribution in [0.1, 0.15) is 6.42 Å². The van der Waals surface area contributed by atoms with Crippen molar-refractivity contribution in [2.75, 3.05) is 20.1 Å². The molecule has 0 aliphatic carbocycles. The standard InChI is InChI=1S/C13H17N3O2S/c1-16(9-3-7-14)19(17,18)13-5-2-4-11-10-15-8-6-12(11)13/h2,4-6,8,10H,3,7,9,14H2,1H3. The number of nitrogens with two attached hydrogens (primary N) is 1. The minimum absolute atomic E-state index is 0.312. The highest BCUT2D eigenvalue weighted by atomic mass is 32.2. The molecule has 2 rings (SSSR count). The topological polar surface area (TPSA) is 76.3 Å². The second-order valence-corrected chi connectivity index (χ2v) is 6.34. The van der Waals surface area contributed by atoms with Crippen LogP contribution in [0.5, 0.6) is 0 Å². The SMILES string of the molecule is CN(CCCN)S(=O)(=O)c1cccc2cnccc12. The molecule has 5 nitrogen and oxygen atoms in total. The molecule has 0 amide bonds. The summed E-state index contributed by atoms with van der Waals surface area (Å²) in [5.74, 6) is 0. The van der Waals surface area contributed by atoms with Crippen molar-refractivity contribution >= 4 is 20.8 Å². The quantitative estimate of drug-likeness (QED) is 0.892. The lowest BCUT2D eigenvalue weighted by atomic mass is 10.2. The van der Waals surface area contributed by atoms with Crippen LogP contribution in [0, 0.1) is 0 Å². The summed E-state index contributed by atoms with van der Waals surface area (Å²) in [6, 6.07) is 6.92. The number of nitrogens with zero attached hydrogens (tertiary/aromatic N) is 2. The molecule has 102 valence electrons. The van der Waals surface area contributed by atoms with Crippen LogP contribution in [0.3, 0.4) is 0 Å². The van der Waals surface area contributed by atoms with Crippen LogP contribution in [-0.2, 0) is 10.0 Å². The zero-order chi connectivity index (χ0) is 13.9. The lowest BCUT2D eigenvalue weighted by Crippen LogP contribution is -2.29. The fourth-order valence-electron chi connectivity index (χ4n) is 1.92. The summed E-state index contributed by atoms with van der Waals surface area (Å²) in [6.45, 7) is 0.889. The molecule has 0 saturated carbocycles. The Bertz CT molecular complexity index is 665. The van der Waals surface area contributed by atoms with E-state index in [9.17, 15) is 8.42 Å². The first-order valence-electron chi connectivity index (χ1n) is 6.06. The number of hydrogen-bond donors (Lipinski definition) is 1. The van der Waals surface area contributed by atoms with E-state index >= 15 is 0 Å². The van der Waals surface area contributed by atoms with Gasteiger partial charge in [0.15, 0.2) is 0 Å². The smallest absolute Gasteiger partial charge is 0.243 e. The number of fused-ring (bicyclic) bond motifs is 1. The summed E-state index contributed by atoms with van der Waals surface area (Å²) in [5, 5.41) is 1.51. The Morgan fingerprint density at radius 1 is 1.32 bits per heavy atom. The fraction of sp³-hybridized carbons (Fsp3) is 0.308. The van der Waals surface area contributed by atoms with E-state index in [1.54, 1.807) is 37.6 Å². The first-order valence-corrected chi connectivity index (χ1v) is 7.50. The van der Waals surface area contributed by atoms with Crippen LogP contribution in [-0.4, -0.2) is 37.8 Å². The maximum absolute atomic E-state index is 12.5. The zero-order valence-electron chi connectivity index (χ0n) is 10.8. The average Bonchev–Trinajstić information content (AvgIpc) is 2.43. The molecule has 0 atom stereocenters. The Balaban J connectivity index is 2.49. The van der Waals surface area contributed by atoms with Gasteiger partial charge in [0.25, 0.3) is 0 Å². The number of sulfonamides is 1. The minimum Gasteiger partial charge on any atom is -0.330 e.